The first-order valence-electron chi connectivity index (χ1n) is 44.8. The van der Waals surface area contributed by atoms with E-state index in [4.69, 9.17) is 33.2 Å². The Kier molecular flexibility index (Phi) is 17.2. The molecular weight excluding hydrogens is 1570 g/mol. The molecule has 0 saturated carbocycles. The highest BCUT2D eigenvalue weighted by atomic mass is 16.4. The van der Waals surface area contributed by atoms with Gasteiger partial charge < -0.3 is 13.3 Å². The average molecular weight is 1660 g/mol. The summed E-state index contributed by atoms with van der Waals surface area (Å²) in [6.45, 7) is 14.4. The zero-order valence-corrected chi connectivity index (χ0v) is 72.3. The fourth-order valence-electron chi connectivity index (χ4n) is 21.4. The molecule has 5 aliphatic rings. The maximum Gasteiger partial charge on any atom is 0.227 e. The minimum Gasteiger partial charge on any atom is -0.456 e. The third-order valence-electron chi connectivity index (χ3n) is 28.5. The zero-order valence-electron chi connectivity index (χ0n) is 72.3. The molecule has 0 saturated heterocycles. The Morgan fingerprint density at radius 1 is 0.302 bits per heavy atom. The van der Waals surface area contributed by atoms with Crippen LogP contribution in [0.5, 0.6) is 0 Å². The van der Waals surface area contributed by atoms with E-state index >= 15 is 0 Å². The van der Waals surface area contributed by atoms with Gasteiger partial charge in [-0.3, -0.25) is 9.98 Å². The van der Waals surface area contributed by atoms with Gasteiger partial charge in [0.25, 0.3) is 0 Å². The predicted octanol–water partition coefficient (Wildman–Crippen LogP) is 32.4. The lowest BCUT2D eigenvalue weighted by molar-refractivity contribution is 0.394. The number of oxazole rings is 2. The average Bonchev–Trinajstić information content (AvgIpc) is 1.55. The quantitative estimate of drug-likeness (QED) is 0.101. The molecule has 2 unspecified atom stereocenters. The zero-order chi connectivity index (χ0) is 86.1. The standard InChI is InChI=1S/C122H86N4O3/c1-120(2)104-26-9-7-24-96(104)101-68-108-102(69-107(101)120)98-53-51-86(64-106(98)121(108,3)4)81-19-16-20-82(55-81)93-58-89(56-91(60-93)75-38-44-78(45-39-75)118-125-110-27-10-13-30-115(110)128-118)73-34-32-72(33-35-73)71-123-95-23-17-22-84(62-95)87-48-49-88-66-112(124-113(88)65-87)77-42-36-74(37-43-77)90-57-92(76-40-46-79(47-41-76)119-126-111-28-11-14-31-116(111)129-119)61-94(59-90)83-21-15-18-80(54-83)85-50-52-97-100-67-103-99-25-8-12-29-114(99)127-117(103)70-109(100)122(5,6)105(97)63-85/h7-65,67-71,96,104H,66H2,1-6H3/b123-71+. The summed E-state index contributed by atoms with van der Waals surface area (Å²) in [5.74, 6) is 2.09. The minimum absolute atomic E-state index is 0.0487. The summed E-state index contributed by atoms with van der Waals surface area (Å²) in [7, 11) is 0. The van der Waals surface area contributed by atoms with Gasteiger partial charge in [-0.05, 0) is 335 Å². The highest BCUT2D eigenvalue weighted by Crippen LogP contribution is 2.59. The van der Waals surface area contributed by atoms with E-state index in [-0.39, 0.29) is 16.2 Å². The first-order chi connectivity index (χ1) is 63.0. The van der Waals surface area contributed by atoms with Crippen molar-refractivity contribution < 1.29 is 13.3 Å². The van der Waals surface area contributed by atoms with E-state index in [2.05, 4.69) is 369 Å². The highest BCUT2D eigenvalue weighted by molar-refractivity contribution is 6.09. The van der Waals surface area contributed by atoms with Crippen molar-refractivity contribution >= 4 is 67.4 Å². The molecular formula is C122H86N4O3. The molecule has 129 heavy (non-hydrogen) atoms. The van der Waals surface area contributed by atoms with E-state index in [1.165, 1.54) is 77.9 Å². The van der Waals surface area contributed by atoms with Crippen LogP contribution in [0.3, 0.4) is 0 Å². The van der Waals surface area contributed by atoms with E-state index < -0.39 is 0 Å². The number of aliphatic imine (C=N–C) groups is 2. The lowest BCUT2D eigenvalue weighted by Crippen LogP contribution is -2.24. The minimum atomic E-state index is -0.228. The molecule has 2 atom stereocenters. The van der Waals surface area contributed by atoms with Crippen molar-refractivity contribution in [2.45, 2.75) is 70.1 Å². The van der Waals surface area contributed by atoms with E-state index in [0.29, 0.717) is 23.6 Å². The van der Waals surface area contributed by atoms with Crippen LogP contribution >= 0.6 is 0 Å². The summed E-state index contributed by atoms with van der Waals surface area (Å²) in [5, 5.41) is 2.30. The van der Waals surface area contributed by atoms with Crippen LogP contribution in [0.4, 0.5) is 11.4 Å². The van der Waals surface area contributed by atoms with Crippen LogP contribution in [0.1, 0.15) is 97.5 Å². The summed E-state index contributed by atoms with van der Waals surface area (Å²) in [5.41, 5.74) is 46.9. The van der Waals surface area contributed by atoms with Gasteiger partial charge in [-0.15, -0.1) is 0 Å². The fourth-order valence-corrected chi connectivity index (χ4v) is 21.4. The Morgan fingerprint density at radius 2 is 0.729 bits per heavy atom. The maximum atomic E-state index is 6.43. The summed E-state index contributed by atoms with van der Waals surface area (Å²) >= 11 is 0. The molecule has 0 spiro atoms. The number of allylic oxidation sites excluding steroid dienone is 4. The van der Waals surface area contributed by atoms with E-state index in [1.54, 1.807) is 0 Å². The first kappa shape index (κ1) is 75.8. The molecule has 17 aromatic carbocycles. The van der Waals surface area contributed by atoms with Crippen LogP contribution in [-0.4, -0.2) is 21.9 Å². The van der Waals surface area contributed by atoms with Gasteiger partial charge in [-0.1, -0.05) is 272 Å². The van der Waals surface area contributed by atoms with Crippen molar-refractivity contribution in [2.75, 3.05) is 0 Å². The number of para-hydroxylation sites is 5. The van der Waals surface area contributed by atoms with Crippen molar-refractivity contribution in [1.29, 1.82) is 0 Å². The third kappa shape index (κ3) is 12.8. The van der Waals surface area contributed by atoms with E-state index in [0.717, 1.165) is 173 Å². The summed E-state index contributed by atoms with van der Waals surface area (Å²) < 4.78 is 18.9. The van der Waals surface area contributed by atoms with E-state index in [1.807, 2.05) is 60.8 Å². The maximum absolute atomic E-state index is 6.43. The van der Waals surface area contributed by atoms with Gasteiger partial charge in [-0.25, -0.2) is 9.97 Å². The Hall–Kier alpha value is -15.7. The van der Waals surface area contributed by atoms with Crippen molar-refractivity contribution in [3.05, 3.63) is 432 Å². The Balaban J connectivity index is 0.481. The Bertz CT molecular complexity index is 8150. The van der Waals surface area contributed by atoms with Gasteiger partial charge in [0.15, 0.2) is 11.2 Å². The number of fused-ring (bicyclic) bond motifs is 15. The van der Waals surface area contributed by atoms with Crippen molar-refractivity contribution in [1.82, 2.24) is 9.97 Å². The van der Waals surface area contributed by atoms with Crippen molar-refractivity contribution in [3.63, 3.8) is 0 Å². The van der Waals surface area contributed by atoms with Gasteiger partial charge in [0.1, 0.15) is 22.2 Å². The SMILES string of the molecule is CC1(C)c2cc(-c3cccc(-c4cc(-c5ccc(/C=N/c6cccc(-c7ccc8c(c7)N=C(c7ccc(-c9cc(-c%10ccc(-c%11nc%12ccccc%12o%11)cc%10)cc(-c%10cccc(-c%11ccc%12c(c%11)C(C)(C)c%11cc%13oc%14ccccc%14c%13cc%11-%12)c%10)c9)cc7)C8)c6)cc5)cc(-c5ccc(-c6nc7ccccc7o6)cc5)c4)c3)ccc2-c2cc3c(cc21)C1C=CC=CC1C3(C)C. The number of furan rings is 1. The molecule has 20 aromatic rings. The number of benzene rings is 17. The second-order valence-electron chi connectivity index (χ2n) is 37.3. The molecule has 0 radical (unpaired) electrons. The van der Waals surface area contributed by atoms with Crippen molar-refractivity contribution in [3.8, 4) is 145 Å². The predicted molar refractivity (Wildman–Crippen MR) is 531 cm³/mol. The molecule has 612 valence electrons. The molecule has 0 fully saturated rings. The number of aromatic nitrogens is 2. The molecule has 25 rings (SSSR count). The second kappa shape index (κ2) is 29.2. The van der Waals surface area contributed by atoms with Crippen LogP contribution in [0.15, 0.2) is 405 Å². The fraction of sp³-hybridized carbons (Fsp3) is 0.0984. The third-order valence-corrected chi connectivity index (χ3v) is 28.5. The number of hydrogen-bond acceptors (Lipinski definition) is 7. The molecule has 4 heterocycles. The van der Waals surface area contributed by atoms with Gasteiger partial charge in [0.05, 0.1) is 17.1 Å². The Morgan fingerprint density at radius 3 is 1.29 bits per heavy atom. The molecule has 0 N–H and O–H groups in total. The van der Waals surface area contributed by atoms with E-state index in [9.17, 15) is 0 Å². The summed E-state index contributed by atoms with van der Waals surface area (Å²) in [4.78, 5) is 20.1. The topological polar surface area (TPSA) is 89.9 Å². The van der Waals surface area contributed by atoms with Crippen LogP contribution in [0, 0.1) is 5.92 Å². The lowest BCUT2D eigenvalue weighted by atomic mass is 9.74. The van der Waals surface area contributed by atoms with Crippen molar-refractivity contribution in [2.24, 2.45) is 15.9 Å². The smallest absolute Gasteiger partial charge is 0.227 e. The first-order valence-corrected chi connectivity index (χ1v) is 44.8. The van der Waals surface area contributed by atoms with Gasteiger partial charge in [0.2, 0.25) is 11.8 Å². The Labute approximate surface area is 749 Å². The van der Waals surface area contributed by atoms with Crippen LogP contribution in [-0.2, 0) is 22.7 Å². The van der Waals surface area contributed by atoms with Crippen LogP contribution in [0.25, 0.3) is 189 Å². The summed E-state index contributed by atoms with van der Waals surface area (Å²) in [6.07, 6.45) is 12.0. The van der Waals surface area contributed by atoms with Crippen LogP contribution in [0.2, 0.25) is 0 Å². The normalized spacial score (nSPS) is 15.6. The van der Waals surface area contributed by atoms with Gasteiger partial charge in [0, 0.05) is 51.3 Å². The number of rotatable bonds is 14. The molecule has 4 aliphatic carbocycles. The van der Waals surface area contributed by atoms with Gasteiger partial charge >= 0.3 is 0 Å². The second-order valence-corrected chi connectivity index (χ2v) is 37.3. The summed E-state index contributed by atoms with van der Waals surface area (Å²) in [6, 6.07) is 130. The number of nitrogens with zero attached hydrogens (tertiary/aromatic N) is 4. The van der Waals surface area contributed by atoms with Crippen LogP contribution < -0.4 is 0 Å². The molecule has 7 heteroatoms. The molecule has 0 bridgehead atoms. The molecule has 3 aromatic heterocycles. The number of hydrogen-bond donors (Lipinski definition) is 0. The molecule has 1 aliphatic heterocycles. The highest BCUT2D eigenvalue weighted by Gasteiger charge is 2.47. The largest absolute Gasteiger partial charge is 0.456 e. The molecule has 7 nitrogen and oxygen atoms in total. The molecule has 0 amide bonds. The monoisotopic (exact) mass is 1650 g/mol. The van der Waals surface area contributed by atoms with Gasteiger partial charge in [-0.2, -0.15) is 0 Å². The lowest BCUT2D eigenvalue weighted by Gasteiger charge is -2.29.